The highest BCUT2D eigenvalue weighted by Gasteiger charge is 2.35. The fourth-order valence-corrected chi connectivity index (χ4v) is 4.64. The second-order valence-corrected chi connectivity index (χ2v) is 9.62. The molecule has 2 aliphatic heterocycles. The number of carbonyl (C=O) groups is 2. The Hall–Kier alpha value is -2.82. The first kappa shape index (κ1) is 21.4. The molecule has 2 heterocycles. The van der Waals surface area contributed by atoms with Crippen molar-refractivity contribution in [2.45, 2.75) is 51.7 Å². The maximum Gasteiger partial charge on any atom is 0.410 e. The van der Waals surface area contributed by atoms with E-state index in [2.05, 4.69) is 42.5 Å². The predicted molar refractivity (Wildman–Crippen MR) is 121 cm³/mol. The van der Waals surface area contributed by atoms with Crippen LogP contribution in [-0.4, -0.2) is 47.0 Å². The summed E-state index contributed by atoms with van der Waals surface area (Å²) in [4.78, 5) is 29.5. The van der Waals surface area contributed by atoms with Crippen LogP contribution in [0.3, 0.4) is 0 Å². The van der Waals surface area contributed by atoms with Crippen molar-refractivity contribution in [2.75, 3.05) is 19.6 Å². The van der Waals surface area contributed by atoms with Crippen LogP contribution in [0.15, 0.2) is 54.6 Å². The Morgan fingerprint density at radius 3 is 2.23 bits per heavy atom. The number of hydrogen-bond acceptors (Lipinski definition) is 3. The molecule has 0 spiro atoms. The van der Waals surface area contributed by atoms with Crippen molar-refractivity contribution in [3.8, 4) is 0 Å². The topological polar surface area (TPSA) is 49.9 Å². The summed E-state index contributed by atoms with van der Waals surface area (Å²) < 4.78 is 5.48. The van der Waals surface area contributed by atoms with Crippen LogP contribution in [0.4, 0.5) is 4.79 Å². The molecule has 31 heavy (non-hydrogen) atoms. The van der Waals surface area contributed by atoms with Gasteiger partial charge in [0.1, 0.15) is 5.60 Å². The molecule has 0 aliphatic carbocycles. The molecule has 2 aromatic rings. The van der Waals surface area contributed by atoms with Crippen molar-refractivity contribution in [3.05, 3.63) is 71.3 Å². The number of carbonyl (C=O) groups excluding carboxylic acids is 2. The van der Waals surface area contributed by atoms with Crippen molar-refractivity contribution in [1.29, 1.82) is 0 Å². The van der Waals surface area contributed by atoms with Gasteiger partial charge in [0.25, 0.3) is 0 Å². The highest BCUT2D eigenvalue weighted by atomic mass is 16.6. The molecule has 2 aliphatic rings. The number of likely N-dealkylation sites (tertiary alicyclic amines) is 1. The minimum atomic E-state index is -0.503. The number of fused-ring (bicyclic) bond motifs is 1. The van der Waals surface area contributed by atoms with Crippen molar-refractivity contribution in [1.82, 2.24) is 9.80 Å². The number of amides is 2. The lowest BCUT2D eigenvalue weighted by atomic mass is 9.84. The van der Waals surface area contributed by atoms with Crippen LogP contribution in [0.5, 0.6) is 0 Å². The summed E-state index contributed by atoms with van der Waals surface area (Å²) in [5.41, 5.74) is 3.28. The molecule has 0 radical (unpaired) electrons. The van der Waals surface area contributed by atoms with E-state index >= 15 is 0 Å². The van der Waals surface area contributed by atoms with E-state index in [0.717, 1.165) is 0 Å². The van der Waals surface area contributed by atoms with Gasteiger partial charge in [-0.15, -0.1) is 0 Å². The molecule has 0 bridgehead atoms. The van der Waals surface area contributed by atoms with Gasteiger partial charge in [0.05, 0.1) is 0 Å². The zero-order valence-corrected chi connectivity index (χ0v) is 18.7. The zero-order valence-electron chi connectivity index (χ0n) is 18.7. The van der Waals surface area contributed by atoms with Gasteiger partial charge in [0, 0.05) is 38.0 Å². The molecule has 5 nitrogen and oxygen atoms in total. The Balaban J connectivity index is 1.44. The number of piperidine rings is 1. The van der Waals surface area contributed by atoms with Gasteiger partial charge in [-0.25, -0.2) is 4.79 Å². The monoisotopic (exact) mass is 420 g/mol. The number of nitrogens with zero attached hydrogens (tertiary/aromatic N) is 2. The summed E-state index contributed by atoms with van der Waals surface area (Å²) in [5.74, 6) is 0.358. The number of ether oxygens (including phenoxy) is 1. The van der Waals surface area contributed by atoms with Gasteiger partial charge < -0.3 is 14.5 Å². The van der Waals surface area contributed by atoms with Crippen molar-refractivity contribution in [2.24, 2.45) is 5.92 Å². The first-order chi connectivity index (χ1) is 14.8. The third kappa shape index (κ3) is 4.92. The molecule has 0 saturated carbocycles. The van der Waals surface area contributed by atoms with E-state index in [4.69, 9.17) is 4.74 Å². The van der Waals surface area contributed by atoms with E-state index in [1.807, 2.05) is 37.8 Å². The smallest absolute Gasteiger partial charge is 0.410 e. The minimum absolute atomic E-state index is 0.0413. The second kappa shape index (κ2) is 8.74. The van der Waals surface area contributed by atoms with Crippen LogP contribution in [0.2, 0.25) is 0 Å². The maximum atomic E-state index is 13.4. The normalized spacial score (nSPS) is 19.6. The van der Waals surface area contributed by atoms with Crippen LogP contribution in [0.1, 0.15) is 56.2 Å². The Bertz CT molecular complexity index is 927. The zero-order chi connectivity index (χ0) is 22.0. The average molecular weight is 421 g/mol. The van der Waals surface area contributed by atoms with Gasteiger partial charge in [-0.2, -0.15) is 0 Å². The lowest BCUT2D eigenvalue weighted by Crippen LogP contribution is -2.47. The van der Waals surface area contributed by atoms with Crippen molar-refractivity contribution in [3.63, 3.8) is 0 Å². The lowest BCUT2D eigenvalue weighted by Gasteiger charge is -2.39. The first-order valence-electron chi connectivity index (χ1n) is 11.2. The summed E-state index contributed by atoms with van der Waals surface area (Å²) in [6, 6.07) is 18.9. The Morgan fingerprint density at radius 1 is 0.903 bits per heavy atom. The highest BCUT2D eigenvalue weighted by molar-refractivity contribution is 5.80. The predicted octanol–water partition coefficient (Wildman–Crippen LogP) is 4.81. The quantitative estimate of drug-likeness (QED) is 0.701. The van der Waals surface area contributed by atoms with Crippen LogP contribution in [0, 0.1) is 5.92 Å². The van der Waals surface area contributed by atoms with E-state index in [1.54, 1.807) is 4.90 Å². The molecule has 1 fully saturated rings. The van der Waals surface area contributed by atoms with Gasteiger partial charge in [-0.1, -0.05) is 54.6 Å². The molecule has 0 unspecified atom stereocenters. The second-order valence-electron chi connectivity index (χ2n) is 9.62. The highest BCUT2D eigenvalue weighted by Crippen LogP contribution is 2.35. The molecule has 4 rings (SSSR count). The van der Waals surface area contributed by atoms with Crippen LogP contribution < -0.4 is 0 Å². The minimum Gasteiger partial charge on any atom is -0.444 e. The standard InChI is InChI=1S/C26H32N2O3/c1-26(2,3)31-25(30)27-15-13-20(14-16-27)24(29)28-17-21-11-7-8-12-22(21)23(18-28)19-9-5-4-6-10-19/h4-12,20,23H,13-18H2,1-3H3/t23-/m1/s1. The van der Waals surface area contributed by atoms with Crippen LogP contribution >= 0.6 is 0 Å². The van der Waals surface area contributed by atoms with E-state index < -0.39 is 5.60 Å². The third-order valence-corrected chi connectivity index (χ3v) is 6.20. The fraction of sp³-hybridized carbons (Fsp3) is 0.462. The van der Waals surface area contributed by atoms with Gasteiger partial charge >= 0.3 is 6.09 Å². The van der Waals surface area contributed by atoms with Gasteiger partial charge in [0.2, 0.25) is 5.91 Å². The molecule has 1 atom stereocenters. The first-order valence-corrected chi connectivity index (χ1v) is 11.2. The number of hydrogen-bond donors (Lipinski definition) is 0. The summed E-state index contributed by atoms with van der Waals surface area (Å²) in [6.45, 7) is 8.11. The Morgan fingerprint density at radius 2 is 1.55 bits per heavy atom. The SMILES string of the molecule is CC(C)(C)OC(=O)N1CCC(C(=O)N2Cc3ccccc3[C@@H](c3ccccc3)C2)CC1. The van der Waals surface area contributed by atoms with Crippen LogP contribution in [-0.2, 0) is 16.1 Å². The molecule has 2 amide bonds. The van der Waals surface area contributed by atoms with E-state index in [0.29, 0.717) is 39.0 Å². The largest absolute Gasteiger partial charge is 0.444 e. The third-order valence-electron chi connectivity index (χ3n) is 6.20. The molecule has 1 saturated heterocycles. The lowest BCUT2D eigenvalue weighted by molar-refractivity contribution is -0.138. The molecule has 0 aromatic heterocycles. The average Bonchev–Trinajstić information content (AvgIpc) is 2.77. The molecular formula is C26H32N2O3. The van der Waals surface area contributed by atoms with Gasteiger partial charge in [-0.3, -0.25) is 4.79 Å². The molecule has 2 aromatic carbocycles. The number of rotatable bonds is 2. The van der Waals surface area contributed by atoms with Gasteiger partial charge in [0.15, 0.2) is 0 Å². The van der Waals surface area contributed by atoms with Crippen LogP contribution in [0.25, 0.3) is 0 Å². The summed E-state index contributed by atoms with van der Waals surface area (Å²) in [6.07, 6.45) is 1.09. The van der Waals surface area contributed by atoms with Crippen molar-refractivity contribution < 1.29 is 14.3 Å². The van der Waals surface area contributed by atoms with Gasteiger partial charge in [-0.05, 0) is 50.3 Å². The van der Waals surface area contributed by atoms with E-state index in [9.17, 15) is 9.59 Å². The van der Waals surface area contributed by atoms with Crippen molar-refractivity contribution >= 4 is 12.0 Å². The number of benzene rings is 2. The molecule has 164 valence electrons. The Labute approximate surface area is 185 Å². The molecule has 0 N–H and O–H groups in total. The Kier molecular flexibility index (Phi) is 6.03. The fourth-order valence-electron chi connectivity index (χ4n) is 4.64. The summed E-state index contributed by atoms with van der Waals surface area (Å²) in [7, 11) is 0. The summed E-state index contributed by atoms with van der Waals surface area (Å²) >= 11 is 0. The molecule has 5 heteroatoms. The van der Waals surface area contributed by atoms with E-state index in [-0.39, 0.29) is 23.8 Å². The van der Waals surface area contributed by atoms with E-state index in [1.165, 1.54) is 16.7 Å². The molecular weight excluding hydrogens is 388 g/mol. The summed E-state index contributed by atoms with van der Waals surface area (Å²) in [5, 5.41) is 0. The maximum absolute atomic E-state index is 13.4.